The number of thiocarbonyl (C=S) groups is 1. The first kappa shape index (κ1) is 21.4. The molecule has 1 saturated heterocycles. The van der Waals surface area contributed by atoms with E-state index in [1.807, 2.05) is 73.7 Å². The number of carbonyl (C=O) groups is 1. The number of fused-ring (bicyclic) bond motifs is 1. The summed E-state index contributed by atoms with van der Waals surface area (Å²) >= 11 is 6.82. The van der Waals surface area contributed by atoms with Crippen LogP contribution < -0.4 is 9.64 Å². The van der Waals surface area contributed by atoms with Crippen molar-refractivity contribution in [2.75, 3.05) is 4.90 Å². The third kappa shape index (κ3) is 4.56. The zero-order valence-electron chi connectivity index (χ0n) is 18.0. The highest BCUT2D eigenvalue weighted by Crippen LogP contribution is 2.37. The molecule has 0 spiro atoms. The van der Waals surface area contributed by atoms with E-state index in [2.05, 4.69) is 30.3 Å². The molecule has 33 heavy (non-hydrogen) atoms. The van der Waals surface area contributed by atoms with Gasteiger partial charge in [-0.25, -0.2) is 0 Å². The van der Waals surface area contributed by atoms with Gasteiger partial charge < -0.3 is 4.74 Å². The SMILES string of the molecule is Cc1ccc(N2C(=O)/C(=C\c3ccccc3OCc3ccc4ccccc4c3)SC2=S)cc1. The van der Waals surface area contributed by atoms with E-state index >= 15 is 0 Å². The average Bonchev–Trinajstić information content (AvgIpc) is 3.11. The minimum absolute atomic E-state index is 0.113. The fourth-order valence-electron chi connectivity index (χ4n) is 3.75. The lowest BCUT2D eigenvalue weighted by molar-refractivity contribution is -0.113. The van der Waals surface area contributed by atoms with Crippen molar-refractivity contribution in [2.24, 2.45) is 0 Å². The van der Waals surface area contributed by atoms with Gasteiger partial charge in [0, 0.05) is 5.56 Å². The normalized spacial score (nSPS) is 14.9. The zero-order valence-corrected chi connectivity index (χ0v) is 19.7. The Hall–Kier alpha value is -3.41. The fourth-order valence-corrected chi connectivity index (χ4v) is 5.04. The number of benzene rings is 4. The van der Waals surface area contributed by atoms with Crippen LogP contribution in [0.4, 0.5) is 5.69 Å². The molecule has 3 nitrogen and oxygen atoms in total. The summed E-state index contributed by atoms with van der Waals surface area (Å²) in [5.74, 6) is 0.615. The lowest BCUT2D eigenvalue weighted by Gasteiger charge is -2.14. The first-order valence-corrected chi connectivity index (χ1v) is 11.8. The summed E-state index contributed by atoms with van der Waals surface area (Å²) in [6.07, 6.45) is 1.86. The molecule has 0 aliphatic carbocycles. The smallest absolute Gasteiger partial charge is 0.270 e. The molecule has 5 heteroatoms. The van der Waals surface area contributed by atoms with Crippen molar-refractivity contribution >= 4 is 56.7 Å². The van der Waals surface area contributed by atoms with Crippen LogP contribution in [0, 0.1) is 6.92 Å². The molecule has 0 N–H and O–H groups in total. The second-order valence-corrected chi connectivity index (χ2v) is 9.54. The summed E-state index contributed by atoms with van der Waals surface area (Å²) < 4.78 is 6.69. The molecular weight excluding hydrogens is 446 g/mol. The van der Waals surface area contributed by atoms with Crippen LogP contribution in [0.5, 0.6) is 5.75 Å². The van der Waals surface area contributed by atoms with Crippen molar-refractivity contribution in [3.05, 3.63) is 113 Å². The lowest BCUT2D eigenvalue weighted by atomic mass is 10.1. The van der Waals surface area contributed by atoms with Gasteiger partial charge in [-0.3, -0.25) is 9.69 Å². The van der Waals surface area contributed by atoms with Crippen molar-refractivity contribution in [3.8, 4) is 5.75 Å². The number of aryl methyl sites for hydroxylation is 1. The quantitative estimate of drug-likeness (QED) is 0.231. The molecule has 0 radical (unpaired) electrons. The molecule has 0 bridgehead atoms. The summed E-state index contributed by atoms with van der Waals surface area (Å²) in [5, 5.41) is 2.39. The molecule has 4 aromatic rings. The topological polar surface area (TPSA) is 29.5 Å². The molecule has 162 valence electrons. The minimum atomic E-state index is -0.113. The Morgan fingerprint density at radius 1 is 0.909 bits per heavy atom. The summed E-state index contributed by atoms with van der Waals surface area (Å²) in [6.45, 7) is 2.46. The second kappa shape index (κ2) is 9.22. The first-order chi connectivity index (χ1) is 16.1. The van der Waals surface area contributed by atoms with Gasteiger partial charge in [-0.15, -0.1) is 0 Å². The molecule has 1 aliphatic rings. The Kier molecular flexibility index (Phi) is 5.99. The Morgan fingerprint density at radius 3 is 2.45 bits per heavy atom. The fraction of sp³-hybridized carbons (Fsp3) is 0.0714. The molecule has 1 aliphatic heterocycles. The van der Waals surface area contributed by atoms with Crippen LogP contribution >= 0.6 is 24.0 Å². The number of hydrogen-bond donors (Lipinski definition) is 0. The number of carbonyl (C=O) groups excluding carboxylic acids is 1. The number of rotatable bonds is 5. The number of para-hydroxylation sites is 1. The van der Waals surface area contributed by atoms with Gasteiger partial charge in [0.15, 0.2) is 4.32 Å². The first-order valence-electron chi connectivity index (χ1n) is 10.6. The van der Waals surface area contributed by atoms with Crippen LogP contribution in [0.1, 0.15) is 16.7 Å². The number of thioether (sulfide) groups is 1. The number of hydrogen-bond acceptors (Lipinski definition) is 4. The Morgan fingerprint density at radius 2 is 1.64 bits per heavy atom. The molecule has 0 atom stereocenters. The van der Waals surface area contributed by atoms with Crippen molar-refractivity contribution in [1.29, 1.82) is 0 Å². The summed E-state index contributed by atoms with van der Waals surface area (Å²) in [6, 6.07) is 30.2. The molecule has 4 aromatic carbocycles. The van der Waals surface area contributed by atoms with E-state index in [1.54, 1.807) is 4.90 Å². The van der Waals surface area contributed by atoms with Crippen molar-refractivity contribution < 1.29 is 9.53 Å². The largest absolute Gasteiger partial charge is 0.488 e. The van der Waals surface area contributed by atoms with Gasteiger partial charge in [0.25, 0.3) is 5.91 Å². The Labute approximate surface area is 202 Å². The summed E-state index contributed by atoms with van der Waals surface area (Å²) in [7, 11) is 0. The molecule has 5 rings (SSSR count). The monoisotopic (exact) mass is 467 g/mol. The highest BCUT2D eigenvalue weighted by Gasteiger charge is 2.33. The third-order valence-corrected chi connectivity index (χ3v) is 6.80. The van der Waals surface area contributed by atoms with Crippen LogP contribution in [0.15, 0.2) is 95.9 Å². The van der Waals surface area contributed by atoms with Crippen LogP contribution in [0.3, 0.4) is 0 Å². The van der Waals surface area contributed by atoms with E-state index in [9.17, 15) is 4.79 Å². The number of ether oxygens (including phenoxy) is 1. The van der Waals surface area contributed by atoms with E-state index < -0.39 is 0 Å². The average molecular weight is 468 g/mol. The molecule has 1 amide bonds. The predicted octanol–water partition coefficient (Wildman–Crippen LogP) is 7.13. The van der Waals surface area contributed by atoms with Crippen LogP contribution in [-0.4, -0.2) is 10.2 Å². The van der Waals surface area contributed by atoms with Gasteiger partial charge in [-0.05, 0) is 53.6 Å². The molecular formula is C28H21NO2S2. The van der Waals surface area contributed by atoms with Crippen LogP contribution in [-0.2, 0) is 11.4 Å². The summed E-state index contributed by atoms with van der Waals surface area (Å²) in [4.78, 5) is 15.3. The number of amides is 1. The molecule has 0 unspecified atom stereocenters. The van der Waals surface area contributed by atoms with E-state index in [0.29, 0.717) is 15.8 Å². The molecule has 0 aromatic heterocycles. The van der Waals surface area contributed by atoms with Gasteiger partial charge in [-0.1, -0.05) is 96.3 Å². The lowest BCUT2D eigenvalue weighted by Crippen LogP contribution is -2.27. The molecule has 0 saturated carbocycles. The van der Waals surface area contributed by atoms with Crippen LogP contribution in [0.2, 0.25) is 0 Å². The predicted molar refractivity (Wildman–Crippen MR) is 142 cm³/mol. The Bertz CT molecular complexity index is 1390. The number of anilines is 1. The maximum atomic E-state index is 13.1. The van der Waals surface area contributed by atoms with Crippen molar-refractivity contribution in [2.45, 2.75) is 13.5 Å². The van der Waals surface area contributed by atoms with Crippen molar-refractivity contribution in [1.82, 2.24) is 0 Å². The zero-order chi connectivity index (χ0) is 22.8. The van der Waals surface area contributed by atoms with Gasteiger partial charge in [0.1, 0.15) is 12.4 Å². The van der Waals surface area contributed by atoms with Crippen molar-refractivity contribution in [3.63, 3.8) is 0 Å². The van der Waals surface area contributed by atoms with Gasteiger partial charge in [-0.2, -0.15) is 0 Å². The highest BCUT2D eigenvalue weighted by atomic mass is 32.2. The van der Waals surface area contributed by atoms with E-state index in [-0.39, 0.29) is 5.91 Å². The van der Waals surface area contributed by atoms with Gasteiger partial charge in [0.2, 0.25) is 0 Å². The Balaban J connectivity index is 1.37. The highest BCUT2D eigenvalue weighted by molar-refractivity contribution is 8.27. The number of nitrogens with zero attached hydrogens (tertiary/aromatic N) is 1. The van der Waals surface area contributed by atoms with Gasteiger partial charge >= 0.3 is 0 Å². The molecule has 1 heterocycles. The third-order valence-electron chi connectivity index (χ3n) is 5.50. The maximum absolute atomic E-state index is 13.1. The molecule has 1 fully saturated rings. The van der Waals surface area contributed by atoms with E-state index in [0.717, 1.165) is 28.1 Å². The van der Waals surface area contributed by atoms with E-state index in [1.165, 1.54) is 22.5 Å². The summed E-state index contributed by atoms with van der Waals surface area (Å²) in [5.41, 5.74) is 3.86. The minimum Gasteiger partial charge on any atom is -0.488 e. The van der Waals surface area contributed by atoms with E-state index in [4.69, 9.17) is 17.0 Å². The van der Waals surface area contributed by atoms with Gasteiger partial charge in [0.05, 0.1) is 10.6 Å². The standard InChI is InChI=1S/C28H21NO2S2/c1-19-10-14-24(15-11-19)29-27(30)26(33-28(29)32)17-23-8-4-5-9-25(23)31-18-20-12-13-21-6-2-3-7-22(21)16-20/h2-17H,18H2,1H3/b26-17+. The van der Waals surface area contributed by atoms with Crippen LogP contribution in [0.25, 0.3) is 16.8 Å². The second-order valence-electron chi connectivity index (χ2n) is 7.86. The maximum Gasteiger partial charge on any atom is 0.270 e.